The highest BCUT2D eigenvalue weighted by Crippen LogP contribution is 2.31. The van der Waals surface area contributed by atoms with Crippen molar-refractivity contribution < 1.29 is 0 Å². The molecule has 0 aromatic rings. The van der Waals surface area contributed by atoms with Crippen LogP contribution in [0.15, 0.2) is 0 Å². The SMILES string of the molecule is CCCC(C)C(C)C(C)C(C)CCCC(C)C. The van der Waals surface area contributed by atoms with Gasteiger partial charge in [0.15, 0.2) is 0 Å². The second-order valence-electron chi connectivity index (χ2n) is 6.79. The molecule has 0 fully saturated rings. The van der Waals surface area contributed by atoms with Crippen LogP contribution < -0.4 is 0 Å². The lowest BCUT2D eigenvalue weighted by molar-refractivity contribution is 0.193. The molecule has 4 unspecified atom stereocenters. The molecule has 17 heavy (non-hydrogen) atoms. The maximum atomic E-state index is 2.47. The molecule has 4 atom stereocenters. The van der Waals surface area contributed by atoms with Gasteiger partial charge < -0.3 is 0 Å². The van der Waals surface area contributed by atoms with Crippen LogP contribution in [-0.2, 0) is 0 Å². The molecule has 0 radical (unpaired) electrons. The number of hydrogen-bond acceptors (Lipinski definition) is 0. The molecule has 0 saturated carbocycles. The summed E-state index contributed by atoms with van der Waals surface area (Å²) in [4.78, 5) is 0. The van der Waals surface area contributed by atoms with E-state index in [1.165, 1.54) is 32.1 Å². The monoisotopic (exact) mass is 240 g/mol. The van der Waals surface area contributed by atoms with E-state index in [0.29, 0.717) is 0 Å². The van der Waals surface area contributed by atoms with Crippen LogP contribution in [0.25, 0.3) is 0 Å². The van der Waals surface area contributed by atoms with Crippen molar-refractivity contribution in [3.63, 3.8) is 0 Å². The zero-order valence-corrected chi connectivity index (χ0v) is 13.4. The highest BCUT2D eigenvalue weighted by molar-refractivity contribution is 4.72. The third kappa shape index (κ3) is 7.11. The van der Waals surface area contributed by atoms with Gasteiger partial charge in [-0.15, -0.1) is 0 Å². The fourth-order valence-electron chi connectivity index (χ4n) is 2.87. The van der Waals surface area contributed by atoms with E-state index in [1.54, 1.807) is 0 Å². The Labute approximate surface area is 111 Å². The first-order valence-corrected chi connectivity index (χ1v) is 7.90. The lowest BCUT2D eigenvalue weighted by Gasteiger charge is -2.30. The van der Waals surface area contributed by atoms with Gasteiger partial charge in [-0.05, 0) is 29.6 Å². The molecule has 104 valence electrons. The van der Waals surface area contributed by atoms with Crippen LogP contribution in [-0.4, -0.2) is 0 Å². The van der Waals surface area contributed by atoms with Gasteiger partial charge in [0.1, 0.15) is 0 Å². The van der Waals surface area contributed by atoms with Gasteiger partial charge in [0.05, 0.1) is 0 Å². The first-order valence-electron chi connectivity index (χ1n) is 7.90. The molecule has 0 amide bonds. The van der Waals surface area contributed by atoms with Crippen molar-refractivity contribution in [3.8, 4) is 0 Å². The van der Waals surface area contributed by atoms with E-state index in [0.717, 1.165) is 29.6 Å². The van der Waals surface area contributed by atoms with Gasteiger partial charge in [0, 0.05) is 0 Å². The van der Waals surface area contributed by atoms with Crippen molar-refractivity contribution in [3.05, 3.63) is 0 Å². The molecule has 0 N–H and O–H groups in total. The summed E-state index contributed by atoms with van der Waals surface area (Å²) in [6, 6.07) is 0. The van der Waals surface area contributed by atoms with Crippen molar-refractivity contribution >= 4 is 0 Å². The Hall–Kier alpha value is 0. The predicted molar refractivity (Wildman–Crippen MR) is 80.3 cm³/mol. The van der Waals surface area contributed by atoms with E-state index in [1.807, 2.05) is 0 Å². The summed E-state index contributed by atoms with van der Waals surface area (Å²) in [5.41, 5.74) is 0. The van der Waals surface area contributed by atoms with Crippen LogP contribution >= 0.6 is 0 Å². The Bertz CT molecular complexity index is 171. The van der Waals surface area contributed by atoms with Gasteiger partial charge in [0.25, 0.3) is 0 Å². The zero-order valence-electron chi connectivity index (χ0n) is 13.4. The van der Waals surface area contributed by atoms with Crippen molar-refractivity contribution in [1.29, 1.82) is 0 Å². The molecule has 0 saturated heterocycles. The Kier molecular flexibility index (Phi) is 9.00. The van der Waals surface area contributed by atoms with Crippen molar-refractivity contribution in [2.45, 2.75) is 80.6 Å². The maximum Gasteiger partial charge on any atom is -0.0389 e. The molecule has 0 aliphatic heterocycles. The smallest absolute Gasteiger partial charge is 0.0389 e. The molecular weight excluding hydrogens is 204 g/mol. The van der Waals surface area contributed by atoms with E-state index < -0.39 is 0 Å². The second kappa shape index (κ2) is 9.00. The normalized spacial score (nSPS) is 19.1. The average Bonchev–Trinajstić information content (AvgIpc) is 2.26. The molecule has 0 aromatic heterocycles. The van der Waals surface area contributed by atoms with Gasteiger partial charge in [0.2, 0.25) is 0 Å². The van der Waals surface area contributed by atoms with E-state index >= 15 is 0 Å². The molecule has 0 heterocycles. The van der Waals surface area contributed by atoms with Crippen LogP contribution in [0.5, 0.6) is 0 Å². The van der Waals surface area contributed by atoms with Crippen LogP contribution in [0.1, 0.15) is 80.6 Å². The van der Waals surface area contributed by atoms with Crippen molar-refractivity contribution in [1.82, 2.24) is 0 Å². The molecule has 0 heteroatoms. The molecule has 0 bridgehead atoms. The molecule has 0 spiro atoms. The number of hydrogen-bond donors (Lipinski definition) is 0. The summed E-state index contributed by atoms with van der Waals surface area (Å²) < 4.78 is 0. The Balaban J connectivity index is 3.97. The van der Waals surface area contributed by atoms with Crippen molar-refractivity contribution in [2.24, 2.45) is 29.6 Å². The Morgan fingerprint density at radius 1 is 0.647 bits per heavy atom. The minimum atomic E-state index is 0.869. The molecule has 0 nitrogen and oxygen atoms in total. The highest BCUT2D eigenvalue weighted by atomic mass is 14.3. The predicted octanol–water partition coefficient (Wildman–Crippen LogP) is 6.16. The van der Waals surface area contributed by atoms with E-state index in [-0.39, 0.29) is 0 Å². The summed E-state index contributed by atoms with van der Waals surface area (Å²) in [5.74, 6) is 4.41. The molecular formula is C17H36. The zero-order chi connectivity index (χ0) is 13.4. The van der Waals surface area contributed by atoms with Crippen molar-refractivity contribution in [2.75, 3.05) is 0 Å². The molecule has 0 aliphatic carbocycles. The molecule has 0 aromatic carbocycles. The summed E-state index contributed by atoms with van der Waals surface area (Å²) in [5, 5.41) is 0. The minimum absolute atomic E-state index is 0.869. The van der Waals surface area contributed by atoms with Crippen LogP contribution in [0.2, 0.25) is 0 Å². The first kappa shape index (κ1) is 17.0. The van der Waals surface area contributed by atoms with Gasteiger partial charge in [-0.2, -0.15) is 0 Å². The summed E-state index contributed by atoms with van der Waals surface area (Å²) in [7, 11) is 0. The van der Waals surface area contributed by atoms with Gasteiger partial charge in [-0.3, -0.25) is 0 Å². The lowest BCUT2D eigenvalue weighted by Crippen LogP contribution is -2.22. The first-order chi connectivity index (χ1) is 7.90. The summed E-state index contributed by atoms with van der Waals surface area (Å²) >= 11 is 0. The topological polar surface area (TPSA) is 0 Å². The average molecular weight is 240 g/mol. The minimum Gasteiger partial charge on any atom is -0.0654 e. The highest BCUT2D eigenvalue weighted by Gasteiger charge is 2.22. The van der Waals surface area contributed by atoms with E-state index in [9.17, 15) is 0 Å². The third-order valence-corrected chi connectivity index (χ3v) is 4.81. The quantitative estimate of drug-likeness (QED) is 0.453. The Morgan fingerprint density at radius 3 is 1.53 bits per heavy atom. The van der Waals surface area contributed by atoms with Crippen LogP contribution in [0, 0.1) is 29.6 Å². The number of rotatable bonds is 9. The second-order valence-corrected chi connectivity index (χ2v) is 6.79. The standard InChI is InChI=1S/C17H36/c1-8-10-14(4)16(6)17(7)15(5)12-9-11-13(2)3/h13-17H,8-12H2,1-7H3. The maximum absolute atomic E-state index is 2.47. The lowest BCUT2D eigenvalue weighted by atomic mass is 9.75. The van der Waals surface area contributed by atoms with Gasteiger partial charge >= 0.3 is 0 Å². The van der Waals surface area contributed by atoms with Crippen LogP contribution in [0.3, 0.4) is 0 Å². The Morgan fingerprint density at radius 2 is 1.12 bits per heavy atom. The van der Waals surface area contributed by atoms with Crippen LogP contribution in [0.4, 0.5) is 0 Å². The summed E-state index contributed by atoms with van der Waals surface area (Å²) in [6.45, 7) is 16.8. The summed E-state index contributed by atoms with van der Waals surface area (Å²) in [6.07, 6.45) is 6.96. The molecule has 0 rings (SSSR count). The van der Waals surface area contributed by atoms with Gasteiger partial charge in [-0.1, -0.05) is 80.6 Å². The molecule has 0 aliphatic rings. The fourth-order valence-corrected chi connectivity index (χ4v) is 2.87. The third-order valence-electron chi connectivity index (χ3n) is 4.81. The van der Waals surface area contributed by atoms with Gasteiger partial charge in [-0.25, -0.2) is 0 Å². The van der Waals surface area contributed by atoms with E-state index in [4.69, 9.17) is 0 Å². The van der Waals surface area contributed by atoms with E-state index in [2.05, 4.69) is 48.5 Å². The largest absolute Gasteiger partial charge is 0.0654 e. The fraction of sp³-hybridized carbons (Fsp3) is 1.00.